The molecule has 0 aromatic carbocycles. The minimum absolute atomic E-state index is 0.0991. The van der Waals surface area contributed by atoms with Crippen LogP contribution in [0.5, 0.6) is 0 Å². The number of hydrogen-bond acceptors (Lipinski definition) is 2. The van der Waals surface area contributed by atoms with Gasteiger partial charge in [-0.1, -0.05) is 15.9 Å². The molecule has 1 N–H and O–H groups in total. The molecule has 0 atom stereocenters. The third-order valence-corrected chi connectivity index (χ3v) is 1.55. The molecular weight excluding hydrogens is 267 g/mol. The average molecular weight is 278 g/mol. The summed E-state index contributed by atoms with van der Waals surface area (Å²) < 4.78 is 38.9. The van der Waals surface area contributed by atoms with E-state index in [0.29, 0.717) is 11.8 Å². The number of nitrogens with one attached hydrogen (secondary N) is 1. The van der Waals surface area contributed by atoms with Gasteiger partial charge in [0.05, 0.1) is 6.61 Å². The zero-order chi connectivity index (χ0) is 11.0. The van der Waals surface area contributed by atoms with Crippen molar-refractivity contribution in [3.8, 4) is 0 Å². The van der Waals surface area contributed by atoms with Crippen LogP contribution in [0, 0.1) is 0 Å². The average Bonchev–Trinajstić information content (AvgIpc) is 2.02. The molecule has 14 heavy (non-hydrogen) atoms. The first-order valence-electron chi connectivity index (χ1n) is 3.93. The summed E-state index contributed by atoms with van der Waals surface area (Å²) in [6, 6.07) is 0. The first-order chi connectivity index (χ1) is 6.45. The van der Waals surface area contributed by atoms with Gasteiger partial charge in [0.1, 0.15) is 6.61 Å². The lowest BCUT2D eigenvalue weighted by Crippen LogP contribution is -2.28. The van der Waals surface area contributed by atoms with Gasteiger partial charge in [-0.2, -0.15) is 13.2 Å². The van der Waals surface area contributed by atoms with Gasteiger partial charge in [-0.3, -0.25) is 4.79 Å². The van der Waals surface area contributed by atoms with Gasteiger partial charge in [-0.25, -0.2) is 0 Å². The van der Waals surface area contributed by atoms with Gasteiger partial charge in [0, 0.05) is 18.3 Å². The van der Waals surface area contributed by atoms with E-state index < -0.39 is 12.8 Å². The Hall–Kier alpha value is -0.300. The van der Waals surface area contributed by atoms with Crippen molar-refractivity contribution in [2.75, 3.05) is 25.1 Å². The van der Waals surface area contributed by atoms with Gasteiger partial charge < -0.3 is 10.1 Å². The van der Waals surface area contributed by atoms with Crippen molar-refractivity contribution in [2.45, 2.75) is 12.6 Å². The molecule has 0 saturated carbocycles. The molecule has 0 rings (SSSR count). The van der Waals surface area contributed by atoms with E-state index in [1.807, 2.05) is 0 Å². The molecule has 0 fully saturated rings. The number of hydrogen-bond donors (Lipinski definition) is 1. The predicted octanol–water partition coefficient (Wildman–Crippen LogP) is 1.47. The first-order valence-corrected chi connectivity index (χ1v) is 5.05. The molecule has 0 radical (unpaired) electrons. The van der Waals surface area contributed by atoms with Gasteiger partial charge in [-0.15, -0.1) is 0 Å². The summed E-state index contributed by atoms with van der Waals surface area (Å²) in [6.45, 7) is -1.31. The molecule has 3 nitrogen and oxygen atoms in total. The summed E-state index contributed by atoms with van der Waals surface area (Å²) in [4.78, 5) is 10.8. The van der Waals surface area contributed by atoms with Crippen molar-refractivity contribution in [1.29, 1.82) is 0 Å². The number of ether oxygens (including phenoxy) is 1. The van der Waals surface area contributed by atoms with Crippen LogP contribution >= 0.6 is 15.9 Å². The van der Waals surface area contributed by atoms with Crippen LogP contribution in [0.4, 0.5) is 13.2 Å². The Bertz CT molecular complexity index is 175. The Kier molecular flexibility index (Phi) is 6.90. The number of alkyl halides is 4. The number of amides is 1. The molecule has 0 aliphatic rings. The third kappa shape index (κ3) is 9.79. The number of carbonyl (C=O) groups is 1. The van der Waals surface area contributed by atoms with Crippen LogP contribution in [0.2, 0.25) is 0 Å². The molecule has 0 unspecified atom stereocenters. The summed E-state index contributed by atoms with van der Waals surface area (Å²) in [6.07, 6.45) is -4.00. The van der Waals surface area contributed by atoms with Crippen molar-refractivity contribution < 1.29 is 22.7 Å². The lowest BCUT2D eigenvalue weighted by Gasteiger charge is -2.07. The second-order valence-corrected chi connectivity index (χ2v) is 3.25. The van der Waals surface area contributed by atoms with E-state index in [1.165, 1.54) is 0 Å². The minimum Gasteiger partial charge on any atom is -0.370 e. The van der Waals surface area contributed by atoms with Crippen molar-refractivity contribution in [1.82, 2.24) is 5.32 Å². The summed E-state index contributed by atoms with van der Waals surface area (Å²) in [7, 11) is 0. The van der Waals surface area contributed by atoms with E-state index in [4.69, 9.17) is 0 Å². The smallest absolute Gasteiger partial charge is 0.370 e. The molecule has 1 amide bonds. The fourth-order valence-electron chi connectivity index (χ4n) is 0.625. The Morgan fingerprint density at radius 2 is 2.07 bits per heavy atom. The maximum atomic E-state index is 11.5. The van der Waals surface area contributed by atoms with Crippen LogP contribution in [0.1, 0.15) is 6.42 Å². The minimum atomic E-state index is -4.31. The summed E-state index contributed by atoms with van der Waals surface area (Å²) in [5.41, 5.74) is 0. The Morgan fingerprint density at radius 1 is 1.43 bits per heavy atom. The zero-order valence-electron chi connectivity index (χ0n) is 7.36. The Labute approximate surface area is 88.1 Å². The monoisotopic (exact) mass is 277 g/mol. The lowest BCUT2D eigenvalue weighted by molar-refractivity contribution is -0.173. The van der Waals surface area contributed by atoms with Gasteiger partial charge in [0.15, 0.2) is 0 Å². The van der Waals surface area contributed by atoms with E-state index in [0.717, 1.165) is 0 Å². The SMILES string of the molecule is O=C(CCBr)NCCOCC(F)(F)F. The van der Waals surface area contributed by atoms with E-state index in [2.05, 4.69) is 26.0 Å². The molecule has 0 bridgehead atoms. The third-order valence-electron chi connectivity index (χ3n) is 1.16. The maximum Gasteiger partial charge on any atom is 0.411 e. The highest BCUT2D eigenvalue weighted by molar-refractivity contribution is 9.09. The van der Waals surface area contributed by atoms with E-state index in [-0.39, 0.29) is 19.1 Å². The van der Waals surface area contributed by atoms with Crippen LogP contribution in [-0.2, 0) is 9.53 Å². The van der Waals surface area contributed by atoms with Crippen molar-refractivity contribution in [3.05, 3.63) is 0 Å². The fraction of sp³-hybridized carbons (Fsp3) is 0.857. The molecule has 0 aromatic heterocycles. The normalized spacial score (nSPS) is 11.4. The summed E-state index contributed by atoms with van der Waals surface area (Å²) in [5.74, 6) is -0.211. The summed E-state index contributed by atoms with van der Waals surface area (Å²) in [5, 5.41) is 2.94. The predicted molar refractivity (Wildman–Crippen MR) is 48.3 cm³/mol. The molecule has 0 aliphatic carbocycles. The second-order valence-electron chi connectivity index (χ2n) is 2.46. The number of rotatable bonds is 6. The van der Waals surface area contributed by atoms with Crippen molar-refractivity contribution >= 4 is 21.8 Å². The highest BCUT2D eigenvalue weighted by Gasteiger charge is 2.27. The van der Waals surface area contributed by atoms with Crippen molar-refractivity contribution in [3.63, 3.8) is 0 Å². The molecule has 0 spiro atoms. The van der Waals surface area contributed by atoms with Gasteiger partial charge >= 0.3 is 6.18 Å². The summed E-state index contributed by atoms with van der Waals surface area (Å²) >= 11 is 3.06. The molecule has 7 heteroatoms. The quantitative estimate of drug-likeness (QED) is 0.590. The van der Waals surface area contributed by atoms with Gasteiger partial charge in [-0.05, 0) is 0 Å². The van der Waals surface area contributed by atoms with Crippen molar-refractivity contribution in [2.24, 2.45) is 0 Å². The van der Waals surface area contributed by atoms with Gasteiger partial charge in [0.25, 0.3) is 0 Å². The first kappa shape index (κ1) is 13.7. The van der Waals surface area contributed by atoms with Crippen LogP contribution in [0.15, 0.2) is 0 Å². The van der Waals surface area contributed by atoms with E-state index >= 15 is 0 Å². The van der Waals surface area contributed by atoms with E-state index in [1.54, 1.807) is 0 Å². The molecular formula is C7H11BrF3NO2. The van der Waals surface area contributed by atoms with Crippen LogP contribution in [0.25, 0.3) is 0 Å². The molecule has 0 heterocycles. The van der Waals surface area contributed by atoms with Gasteiger partial charge in [0.2, 0.25) is 5.91 Å². The molecule has 0 aliphatic heterocycles. The topological polar surface area (TPSA) is 38.3 Å². The number of halogens is 4. The maximum absolute atomic E-state index is 11.5. The molecule has 0 saturated heterocycles. The highest BCUT2D eigenvalue weighted by Crippen LogP contribution is 2.13. The zero-order valence-corrected chi connectivity index (χ0v) is 8.95. The highest BCUT2D eigenvalue weighted by atomic mass is 79.9. The Morgan fingerprint density at radius 3 is 2.57 bits per heavy atom. The van der Waals surface area contributed by atoms with Crippen LogP contribution in [0.3, 0.4) is 0 Å². The molecule has 0 aromatic rings. The number of carbonyl (C=O) groups excluding carboxylic acids is 1. The second kappa shape index (κ2) is 7.05. The fourth-order valence-corrected chi connectivity index (χ4v) is 0.985. The largest absolute Gasteiger partial charge is 0.411 e. The van der Waals surface area contributed by atoms with Crippen LogP contribution in [-0.4, -0.2) is 37.2 Å². The lowest BCUT2D eigenvalue weighted by atomic mass is 10.4. The Balaban J connectivity index is 3.26. The molecule has 84 valence electrons. The standard InChI is InChI=1S/C7H11BrF3NO2/c8-2-1-6(13)12-3-4-14-5-7(9,10)11/h1-5H2,(H,12,13). The van der Waals surface area contributed by atoms with Crippen LogP contribution < -0.4 is 5.32 Å². The van der Waals surface area contributed by atoms with E-state index in [9.17, 15) is 18.0 Å².